The predicted molar refractivity (Wildman–Crippen MR) is 87.2 cm³/mol. The highest BCUT2D eigenvalue weighted by Crippen LogP contribution is 2.24. The van der Waals surface area contributed by atoms with Gasteiger partial charge in [-0.1, -0.05) is 27.2 Å². The van der Waals surface area contributed by atoms with Crippen LogP contribution >= 0.6 is 0 Å². The first-order valence-electron chi connectivity index (χ1n) is 8.78. The maximum atomic E-state index is 3.59. The van der Waals surface area contributed by atoms with E-state index in [1.807, 2.05) is 0 Å². The van der Waals surface area contributed by atoms with Crippen molar-refractivity contribution in [2.75, 3.05) is 45.8 Å². The molecule has 0 aromatic rings. The van der Waals surface area contributed by atoms with Gasteiger partial charge >= 0.3 is 0 Å². The van der Waals surface area contributed by atoms with Crippen LogP contribution in [0.25, 0.3) is 0 Å². The van der Waals surface area contributed by atoms with Crippen LogP contribution < -0.4 is 5.32 Å². The zero-order chi connectivity index (χ0) is 14.4. The van der Waals surface area contributed by atoms with Gasteiger partial charge in [-0.05, 0) is 57.3 Å². The lowest BCUT2D eigenvalue weighted by Crippen LogP contribution is -2.43. The molecule has 2 rings (SSSR count). The molecule has 2 saturated heterocycles. The van der Waals surface area contributed by atoms with Crippen molar-refractivity contribution in [3.05, 3.63) is 0 Å². The van der Waals surface area contributed by atoms with Gasteiger partial charge in [0.15, 0.2) is 0 Å². The molecule has 0 bridgehead atoms. The molecule has 0 spiro atoms. The Morgan fingerprint density at radius 2 is 1.85 bits per heavy atom. The zero-order valence-corrected chi connectivity index (χ0v) is 14.0. The highest BCUT2D eigenvalue weighted by atomic mass is 15.3. The Hall–Kier alpha value is -0.120. The molecule has 0 aliphatic carbocycles. The molecule has 0 amide bonds. The molecule has 2 aliphatic rings. The van der Waals surface area contributed by atoms with Gasteiger partial charge in [0, 0.05) is 25.7 Å². The molecule has 20 heavy (non-hydrogen) atoms. The Morgan fingerprint density at radius 3 is 2.55 bits per heavy atom. The summed E-state index contributed by atoms with van der Waals surface area (Å²) in [6.45, 7) is 15.9. The van der Waals surface area contributed by atoms with Gasteiger partial charge in [-0.25, -0.2) is 0 Å². The molecule has 3 heteroatoms. The van der Waals surface area contributed by atoms with Crippen molar-refractivity contribution in [1.82, 2.24) is 15.1 Å². The van der Waals surface area contributed by atoms with Crippen molar-refractivity contribution in [3.8, 4) is 0 Å². The van der Waals surface area contributed by atoms with Crippen LogP contribution in [0.5, 0.6) is 0 Å². The summed E-state index contributed by atoms with van der Waals surface area (Å²) in [6, 6.07) is 0.842. The summed E-state index contributed by atoms with van der Waals surface area (Å²) in [7, 11) is 0. The molecule has 118 valence electrons. The van der Waals surface area contributed by atoms with Gasteiger partial charge in [0.05, 0.1) is 0 Å². The summed E-state index contributed by atoms with van der Waals surface area (Å²) in [5, 5.41) is 3.59. The Labute approximate surface area is 126 Å². The van der Waals surface area contributed by atoms with Gasteiger partial charge in [-0.3, -0.25) is 4.90 Å². The fraction of sp³-hybridized carbons (Fsp3) is 1.00. The van der Waals surface area contributed by atoms with E-state index < -0.39 is 0 Å². The van der Waals surface area contributed by atoms with E-state index in [-0.39, 0.29) is 0 Å². The van der Waals surface area contributed by atoms with E-state index in [9.17, 15) is 0 Å². The fourth-order valence-electron chi connectivity index (χ4n) is 3.80. The number of rotatable bonds is 7. The summed E-state index contributed by atoms with van der Waals surface area (Å²) in [5.41, 5.74) is 0.395. The molecule has 0 radical (unpaired) electrons. The number of nitrogens with zero attached hydrogens (tertiary/aromatic N) is 2. The van der Waals surface area contributed by atoms with E-state index in [1.54, 1.807) is 0 Å². The van der Waals surface area contributed by atoms with Gasteiger partial charge in [0.2, 0.25) is 0 Å². The maximum absolute atomic E-state index is 3.59. The number of likely N-dealkylation sites (tertiary alicyclic amines) is 2. The van der Waals surface area contributed by atoms with E-state index in [0.29, 0.717) is 5.41 Å². The third kappa shape index (κ3) is 5.01. The second kappa shape index (κ2) is 7.77. The van der Waals surface area contributed by atoms with Gasteiger partial charge in [-0.15, -0.1) is 0 Å². The van der Waals surface area contributed by atoms with Crippen molar-refractivity contribution in [2.24, 2.45) is 5.41 Å². The second-order valence-electron chi connectivity index (χ2n) is 7.62. The van der Waals surface area contributed by atoms with Crippen LogP contribution in [0.1, 0.15) is 52.9 Å². The molecule has 0 aromatic heterocycles. The quantitative estimate of drug-likeness (QED) is 0.724. The van der Waals surface area contributed by atoms with Crippen molar-refractivity contribution >= 4 is 0 Å². The molecule has 2 heterocycles. The monoisotopic (exact) mass is 281 g/mol. The molecule has 0 saturated carbocycles. The van der Waals surface area contributed by atoms with E-state index in [2.05, 4.69) is 35.9 Å². The van der Waals surface area contributed by atoms with E-state index in [0.717, 1.165) is 19.1 Å². The largest absolute Gasteiger partial charge is 0.316 e. The topological polar surface area (TPSA) is 18.5 Å². The minimum absolute atomic E-state index is 0.395. The van der Waals surface area contributed by atoms with Crippen molar-refractivity contribution < 1.29 is 0 Å². The summed E-state index contributed by atoms with van der Waals surface area (Å²) in [6.07, 6.45) is 6.91. The van der Waals surface area contributed by atoms with E-state index in [4.69, 9.17) is 0 Å². The summed E-state index contributed by atoms with van der Waals surface area (Å²) < 4.78 is 0. The molecular formula is C17H35N3. The Kier molecular flexibility index (Phi) is 6.31. The lowest BCUT2D eigenvalue weighted by Gasteiger charge is -2.34. The number of hydrogen-bond acceptors (Lipinski definition) is 3. The lowest BCUT2D eigenvalue weighted by atomic mass is 9.92. The van der Waals surface area contributed by atoms with Crippen molar-refractivity contribution in [3.63, 3.8) is 0 Å². The summed E-state index contributed by atoms with van der Waals surface area (Å²) in [5.74, 6) is 0. The van der Waals surface area contributed by atoms with Crippen LogP contribution in [0.2, 0.25) is 0 Å². The average Bonchev–Trinajstić information content (AvgIpc) is 2.87. The third-order valence-corrected chi connectivity index (χ3v) is 4.84. The fourth-order valence-corrected chi connectivity index (χ4v) is 3.80. The minimum atomic E-state index is 0.395. The second-order valence-corrected chi connectivity index (χ2v) is 7.62. The molecule has 1 unspecified atom stereocenters. The Bertz CT molecular complexity index is 271. The first-order valence-corrected chi connectivity index (χ1v) is 8.78. The molecule has 2 aliphatic heterocycles. The molecule has 1 N–H and O–H groups in total. The number of piperidine rings is 1. The molecule has 0 aromatic carbocycles. The van der Waals surface area contributed by atoms with Gasteiger partial charge in [-0.2, -0.15) is 0 Å². The van der Waals surface area contributed by atoms with Crippen LogP contribution in [0, 0.1) is 5.41 Å². The smallest absolute Gasteiger partial charge is 0.0235 e. The van der Waals surface area contributed by atoms with E-state index >= 15 is 0 Å². The molecule has 3 nitrogen and oxygen atoms in total. The van der Waals surface area contributed by atoms with Gasteiger partial charge in [0.1, 0.15) is 0 Å². The SMILES string of the molecule is CCCNCC(C)(C)CN1CCC(N2CCCCC2)C1. The Morgan fingerprint density at radius 1 is 1.10 bits per heavy atom. The van der Waals surface area contributed by atoms with Crippen LogP contribution in [-0.2, 0) is 0 Å². The predicted octanol–water partition coefficient (Wildman–Crippen LogP) is 2.57. The molecular weight excluding hydrogens is 246 g/mol. The number of hydrogen-bond donors (Lipinski definition) is 1. The highest BCUT2D eigenvalue weighted by molar-refractivity contribution is 4.87. The van der Waals surface area contributed by atoms with E-state index in [1.165, 1.54) is 64.8 Å². The zero-order valence-electron chi connectivity index (χ0n) is 14.0. The van der Waals surface area contributed by atoms with Crippen LogP contribution in [0.15, 0.2) is 0 Å². The standard InChI is InChI=1S/C17H35N3/c1-4-9-18-14-17(2,3)15-19-12-8-16(13-19)20-10-6-5-7-11-20/h16,18H,4-15H2,1-3H3. The van der Waals surface area contributed by atoms with Crippen molar-refractivity contribution in [2.45, 2.75) is 58.9 Å². The first-order chi connectivity index (χ1) is 9.61. The van der Waals surface area contributed by atoms with Crippen LogP contribution in [0.4, 0.5) is 0 Å². The lowest BCUT2D eigenvalue weighted by molar-refractivity contribution is 0.148. The van der Waals surface area contributed by atoms with Crippen LogP contribution in [-0.4, -0.2) is 61.7 Å². The van der Waals surface area contributed by atoms with Crippen molar-refractivity contribution in [1.29, 1.82) is 0 Å². The van der Waals surface area contributed by atoms with Crippen LogP contribution in [0.3, 0.4) is 0 Å². The van der Waals surface area contributed by atoms with Gasteiger partial charge < -0.3 is 10.2 Å². The molecule has 1 atom stereocenters. The third-order valence-electron chi connectivity index (χ3n) is 4.84. The highest BCUT2D eigenvalue weighted by Gasteiger charge is 2.31. The van der Waals surface area contributed by atoms with Gasteiger partial charge in [0.25, 0.3) is 0 Å². The minimum Gasteiger partial charge on any atom is -0.316 e. The number of nitrogens with one attached hydrogen (secondary N) is 1. The average molecular weight is 281 g/mol. The maximum Gasteiger partial charge on any atom is 0.0235 e. The summed E-state index contributed by atoms with van der Waals surface area (Å²) in [4.78, 5) is 5.46. The molecule has 2 fully saturated rings. The summed E-state index contributed by atoms with van der Waals surface area (Å²) >= 11 is 0. The first kappa shape index (κ1) is 16.3. The normalized spacial score (nSPS) is 26.2. The Balaban J connectivity index is 1.71.